The SMILES string of the molecule is CCC(C)C1CN(C2(C)CCOC2C)CCCN1. The molecule has 2 heterocycles. The highest BCUT2D eigenvalue weighted by Crippen LogP contribution is 2.33. The molecule has 3 heteroatoms. The van der Waals surface area contributed by atoms with E-state index in [0.717, 1.165) is 19.1 Å². The maximum atomic E-state index is 5.82. The van der Waals surface area contributed by atoms with Crippen LogP contribution >= 0.6 is 0 Å². The molecule has 2 saturated heterocycles. The predicted octanol–water partition coefficient (Wildman–Crippen LogP) is 2.26. The molecule has 2 fully saturated rings. The number of nitrogens with one attached hydrogen (secondary N) is 1. The van der Waals surface area contributed by atoms with Crippen molar-refractivity contribution in [3.8, 4) is 0 Å². The zero-order valence-corrected chi connectivity index (χ0v) is 12.5. The van der Waals surface area contributed by atoms with Gasteiger partial charge in [0, 0.05) is 31.3 Å². The fourth-order valence-electron chi connectivity index (χ4n) is 3.32. The van der Waals surface area contributed by atoms with E-state index in [9.17, 15) is 0 Å². The summed E-state index contributed by atoms with van der Waals surface area (Å²) in [4.78, 5) is 2.70. The molecule has 2 rings (SSSR count). The Morgan fingerprint density at radius 1 is 1.50 bits per heavy atom. The minimum Gasteiger partial charge on any atom is -0.377 e. The lowest BCUT2D eigenvalue weighted by atomic mass is 9.90. The maximum absolute atomic E-state index is 5.82. The lowest BCUT2D eigenvalue weighted by molar-refractivity contribution is 0.0168. The molecule has 0 amide bonds. The van der Waals surface area contributed by atoms with Gasteiger partial charge in [-0.05, 0) is 39.2 Å². The number of nitrogens with zero attached hydrogens (tertiary/aromatic N) is 1. The minimum atomic E-state index is 0.248. The van der Waals surface area contributed by atoms with Gasteiger partial charge in [0.15, 0.2) is 0 Å². The average molecular weight is 254 g/mol. The van der Waals surface area contributed by atoms with Crippen LogP contribution in [0.25, 0.3) is 0 Å². The standard InChI is InChI=1S/C15H30N2O/c1-5-12(2)14-11-17(9-6-8-16-14)15(4)7-10-18-13(15)3/h12-14,16H,5-11H2,1-4H3. The Kier molecular flexibility index (Phi) is 4.68. The molecule has 18 heavy (non-hydrogen) atoms. The van der Waals surface area contributed by atoms with E-state index in [0.29, 0.717) is 12.1 Å². The number of rotatable bonds is 3. The van der Waals surface area contributed by atoms with Gasteiger partial charge < -0.3 is 10.1 Å². The summed E-state index contributed by atoms with van der Waals surface area (Å²) in [5.74, 6) is 0.756. The van der Waals surface area contributed by atoms with Crippen molar-refractivity contribution in [2.45, 2.75) is 64.6 Å². The first-order chi connectivity index (χ1) is 8.58. The molecule has 0 aromatic rings. The predicted molar refractivity (Wildman–Crippen MR) is 75.9 cm³/mol. The lowest BCUT2D eigenvalue weighted by Gasteiger charge is -2.42. The van der Waals surface area contributed by atoms with Crippen LogP contribution in [0.2, 0.25) is 0 Å². The van der Waals surface area contributed by atoms with Gasteiger partial charge in [0.1, 0.15) is 0 Å². The Morgan fingerprint density at radius 2 is 2.28 bits per heavy atom. The van der Waals surface area contributed by atoms with E-state index >= 15 is 0 Å². The van der Waals surface area contributed by atoms with Gasteiger partial charge in [0.2, 0.25) is 0 Å². The molecule has 0 bridgehead atoms. The molecule has 0 aliphatic carbocycles. The smallest absolute Gasteiger partial charge is 0.0728 e. The van der Waals surface area contributed by atoms with Gasteiger partial charge in [-0.1, -0.05) is 20.3 Å². The van der Waals surface area contributed by atoms with E-state index in [1.807, 2.05) is 0 Å². The molecule has 0 aromatic heterocycles. The van der Waals surface area contributed by atoms with Crippen LogP contribution in [-0.2, 0) is 4.74 Å². The van der Waals surface area contributed by atoms with E-state index in [1.165, 1.54) is 32.4 Å². The second-order valence-corrected chi connectivity index (χ2v) is 6.37. The Labute approximate surface area is 112 Å². The summed E-state index contributed by atoms with van der Waals surface area (Å²) in [7, 11) is 0. The monoisotopic (exact) mass is 254 g/mol. The summed E-state index contributed by atoms with van der Waals surface area (Å²) in [6.07, 6.45) is 4.07. The van der Waals surface area contributed by atoms with Crippen molar-refractivity contribution in [1.29, 1.82) is 0 Å². The van der Waals surface area contributed by atoms with Crippen LogP contribution in [0.15, 0.2) is 0 Å². The number of hydrogen-bond donors (Lipinski definition) is 1. The first-order valence-corrected chi connectivity index (χ1v) is 7.68. The van der Waals surface area contributed by atoms with Crippen molar-refractivity contribution in [2.24, 2.45) is 5.92 Å². The van der Waals surface area contributed by atoms with E-state index in [1.54, 1.807) is 0 Å². The first kappa shape index (κ1) is 14.3. The van der Waals surface area contributed by atoms with Crippen LogP contribution in [0.1, 0.15) is 47.0 Å². The largest absolute Gasteiger partial charge is 0.377 e. The highest BCUT2D eigenvalue weighted by molar-refractivity contribution is 4.98. The molecule has 0 aromatic carbocycles. The molecule has 0 spiro atoms. The van der Waals surface area contributed by atoms with Gasteiger partial charge in [-0.25, -0.2) is 0 Å². The zero-order valence-electron chi connectivity index (χ0n) is 12.5. The first-order valence-electron chi connectivity index (χ1n) is 7.68. The molecule has 4 unspecified atom stereocenters. The normalized spacial score (nSPS) is 40.7. The van der Waals surface area contributed by atoms with Crippen LogP contribution in [0.4, 0.5) is 0 Å². The number of hydrogen-bond acceptors (Lipinski definition) is 3. The van der Waals surface area contributed by atoms with Gasteiger partial charge in [-0.3, -0.25) is 4.90 Å². The lowest BCUT2D eigenvalue weighted by Crippen LogP contribution is -2.54. The highest BCUT2D eigenvalue weighted by atomic mass is 16.5. The van der Waals surface area contributed by atoms with Gasteiger partial charge in [-0.15, -0.1) is 0 Å². The summed E-state index contributed by atoms with van der Waals surface area (Å²) < 4.78 is 5.82. The molecule has 0 radical (unpaired) electrons. The van der Waals surface area contributed by atoms with Crippen molar-refractivity contribution < 1.29 is 4.74 Å². The maximum Gasteiger partial charge on any atom is 0.0728 e. The summed E-state index contributed by atoms with van der Waals surface area (Å²) >= 11 is 0. The quantitative estimate of drug-likeness (QED) is 0.836. The average Bonchev–Trinajstić information content (AvgIpc) is 2.61. The molecule has 3 nitrogen and oxygen atoms in total. The summed E-state index contributed by atoms with van der Waals surface area (Å²) in [6.45, 7) is 13.8. The van der Waals surface area contributed by atoms with Crippen LogP contribution in [0.3, 0.4) is 0 Å². The van der Waals surface area contributed by atoms with Crippen LogP contribution in [0.5, 0.6) is 0 Å². The van der Waals surface area contributed by atoms with E-state index in [2.05, 4.69) is 37.9 Å². The van der Waals surface area contributed by atoms with Crippen molar-refractivity contribution in [3.05, 3.63) is 0 Å². The molecule has 2 aliphatic heterocycles. The highest BCUT2D eigenvalue weighted by Gasteiger charge is 2.43. The number of ether oxygens (including phenoxy) is 1. The summed E-state index contributed by atoms with van der Waals surface area (Å²) in [5.41, 5.74) is 0.248. The van der Waals surface area contributed by atoms with Crippen molar-refractivity contribution in [3.63, 3.8) is 0 Å². The van der Waals surface area contributed by atoms with Crippen molar-refractivity contribution in [2.75, 3.05) is 26.2 Å². The second kappa shape index (κ2) is 5.89. The topological polar surface area (TPSA) is 24.5 Å². The third kappa shape index (κ3) is 2.73. The second-order valence-electron chi connectivity index (χ2n) is 6.37. The van der Waals surface area contributed by atoms with Crippen molar-refractivity contribution >= 4 is 0 Å². The van der Waals surface area contributed by atoms with Gasteiger partial charge in [-0.2, -0.15) is 0 Å². The third-order valence-electron chi connectivity index (χ3n) is 5.33. The van der Waals surface area contributed by atoms with Gasteiger partial charge in [0.05, 0.1) is 6.10 Å². The fraction of sp³-hybridized carbons (Fsp3) is 1.00. The van der Waals surface area contributed by atoms with E-state index < -0.39 is 0 Å². The van der Waals surface area contributed by atoms with Crippen LogP contribution < -0.4 is 5.32 Å². The van der Waals surface area contributed by atoms with E-state index in [4.69, 9.17) is 4.74 Å². The van der Waals surface area contributed by atoms with Crippen LogP contribution in [-0.4, -0.2) is 48.8 Å². The minimum absolute atomic E-state index is 0.248. The molecular weight excluding hydrogens is 224 g/mol. The Balaban J connectivity index is 2.07. The molecular formula is C15H30N2O. The van der Waals surface area contributed by atoms with E-state index in [-0.39, 0.29) is 5.54 Å². The molecule has 1 N–H and O–H groups in total. The van der Waals surface area contributed by atoms with Gasteiger partial charge in [0.25, 0.3) is 0 Å². The van der Waals surface area contributed by atoms with Crippen molar-refractivity contribution in [1.82, 2.24) is 10.2 Å². The molecule has 106 valence electrons. The Hall–Kier alpha value is -0.120. The zero-order chi connectivity index (χ0) is 13.2. The third-order valence-corrected chi connectivity index (χ3v) is 5.33. The van der Waals surface area contributed by atoms with Gasteiger partial charge >= 0.3 is 0 Å². The summed E-state index contributed by atoms with van der Waals surface area (Å²) in [6, 6.07) is 0.641. The fourth-order valence-corrected chi connectivity index (χ4v) is 3.32. The Morgan fingerprint density at radius 3 is 2.89 bits per heavy atom. The molecule has 4 atom stereocenters. The molecule has 2 aliphatic rings. The molecule has 0 saturated carbocycles. The van der Waals surface area contributed by atoms with Crippen LogP contribution in [0, 0.1) is 5.92 Å². The summed E-state index contributed by atoms with van der Waals surface area (Å²) in [5, 5.41) is 3.74. The Bertz CT molecular complexity index is 271.